The van der Waals surface area contributed by atoms with Gasteiger partial charge in [-0.2, -0.15) is 0 Å². The summed E-state index contributed by atoms with van der Waals surface area (Å²) in [6.45, 7) is 5.08. The quantitative estimate of drug-likeness (QED) is 0.902. The minimum absolute atomic E-state index is 0.0600. The number of hydrogen-bond acceptors (Lipinski definition) is 4. The van der Waals surface area contributed by atoms with Crippen molar-refractivity contribution in [1.82, 2.24) is 14.8 Å². The Balaban J connectivity index is 1.98. The Morgan fingerprint density at radius 1 is 1.52 bits per heavy atom. The molecule has 1 fully saturated rings. The summed E-state index contributed by atoms with van der Waals surface area (Å²) in [6.07, 6.45) is 4.96. The number of amides is 1. The van der Waals surface area contributed by atoms with Crippen molar-refractivity contribution < 1.29 is 4.79 Å². The molecule has 5 heteroatoms. The van der Waals surface area contributed by atoms with Crippen LogP contribution < -0.4 is 5.32 Å². The van der Waals surface area contributed by atoms with E-state index >= 15 is 0 Å². The molecule has 2 heterocycles. The molecule has 2 rings (SSSR count). The highest BCUT2D eigenvalue weighted by atomic mass is 16.2. The summed E-state index contributed by atoms with van der Waals surface area (Å²) in [5.74, 6) is 0.887. The summed E-state index contributed by atoms with van der Waals surface area (Å²) in [7, 11) is 4.01. The molecule has 1 amide bonds. The number of nitrogens with zero attached hydrogens (tertiary/aromatic N) is 3. The lowest BCUT2D eigenvalue weighted by Crippen LogP contribution is -2.47. The van der Waals surface area contributed by atoms with E-state index in [9.17, 15) is 4.79 Å². The van der Waals surface area contributed by atoms with Crippen molar-refractivity contribution in [2.24, 2.45) is 0 Å². The van der Waals surface area contributed by atoms with E-state index in [2.05, 4.69) is 29.2 Å². The van der Waals surface area contributed by atoms with Crippen LogP contribution in [0.5, 0.6) is 0 Å². The molecule has 1 aromatic heterocycles. The predicted molar refractivity (Wildman–Crippen MR) is 85.6 cm³/mol. The fourth-order valence-electron chi connectivity index (χ4n) is 2.70. The minimum Gasteiger partial charge on any atom is -0.370 e. The zero-order valence-electron chi connectivity index (χ0n) is 13.3. The molecular formula is C16H26N4O. The first-order chi connectivity index (χ1) is 10.1. The molecular weight excluding hydrogens is 264 g/mol. The third-order valence-corrected chi connectivity index (χ3v) is 4.03. The molecule has 1 atom stereocenters. The molecule has 0 saturated carbocycles. The summed E-state index contributed by atoms with van der Waals surface area (Å²) in [6, 6.07) is 4.04. The highest BCUT2D eigenvalue weighted by Crippen LogP contribution is 2.16. The number of rotatable bonds is 5. The highest BCUT2D eigenvalue weighted by molar-refractivity contribution is 5.94. The standard InChI is InChI=1S/C16H26N4O/c1-4-9-17-15-8-7-13(11-18-15)16(21)20(3)14-6-5-10-19(2)12-14/h7-8,11,14H,4-6,9-10,12H2,1-3H3,(H,17,18). The van der Waals surface area contributed by atoms with Crippen molar-refractivity contribution in [2.45, 2.75) is 32.2 Å². The van der Waals surface area contributed by atoms with Crippen LogP contribution in [-0.4, -0.2) is 60.5 Å². The summed E-state index contributed by atoms with van der Waals surface area (Å²) in [5, 5.41) is 3.22. The van der Waals surface area contributed by atoms with Gasteiger partial charge in [-0.1, -0.05) is 6.92 Å². The number of likely N-dealkylation sites (N-methyl/N-ethyl adjacent to an activating group) is 2. The molecule has 0 aliphatic carbocycles. The van der Waals surface area contributed by atoms with E-state index in [-0.39, 0.29) is 5.91 Å². The van der Waals surface area contributed by atoms with Gasteiger partial charge in [0.25, 0.3) is 5.91 Å². The van der Waals surface area contributed by atoms with Gasteiger partial charge in [-0.15, -0.1) is 0 Å². The Morgan fingerprint density at radius 3 is 2.95 bits per heavy atom. The van der Waals surface area contributed by atoms with Gasteiger partial charge in [0.2, 0.25) is 0 Å². The maximum Gasteiger partial charge on any atom is 0.255 e. The summed E-state index contributed by atoms with van der Waals surface area (Å²) in [5.41, 5.74) is 0.660. The van der Waals surface area contributed by atoms with Gasteiger partial charge in [-0.3, -0.25) is 4.79 Å². The Kier molecular flexibility index (Phi) is 5.56. The lowest BCUT2D eigenvalue weighted by Gasteiger charge is -2.35. The van der Waals surface area contributed by atoms with E-state index in [0.29, 0.717) is 11.6 Å². The molecule has 1 aliphatic heterocycles. The minimum atomic E-state index is 0.0600. The number of likely N-dealkylation sites (tertiary alicyclic amines) is 1. The molecule has 116 valence electrons. The zero-order valence-corrected chi connectivity index (χ0v) is 13.3. The van der Waals surface area contributed by atoms with Gasteiger partial charge in [0.15, 0.2) is 0 Å². The van der Waals surface area contributed by atoms with E-state index in [1.165, 1.54) is 0 Å². The van der Waals surface area contributed by atoms with Crippen LogP contribution in [0.25, 0.3) is 0 Å². The maximum atomic E-state index is 12.5. The Labute approximate surface area is 127 Å². The normalized spacial score (nSPS) is 19.3. The average Bonchev–Trinajstić information content (AvgIpc) is 2.52. The Bertz CT molecular complexity index is 460. The van der Waals surface area contributed by atoms with Crippen molar-refractivity contribution in [3.8, 4) is 0 Å². The number of anilines is 1. The van der Waals surface area contributed by atoms with Gasteiger partial charge in [-0.25, -0.2) is 4.98 Å². The van der Waals surface area contributed by atoms with Crippen LogP contribution in [0.3, 0.4) is 0 Å². The highest BCUT2D eigenvalue weighted by Gasteiger charge is 2.25. The second kappa shape index (κ2) is 7.41. The van der Waals surface area contributed by atoms with Crippen LogP contribution >= 0.6 is 0 Å². The Hall–Kier alpha value is -1.62. The van der Waals surface area contributed by atoms with Crippen LogP contribution in [0.15, 0.2) is 18.3 Å². The first-order valence-corrected chi connectivity index (χ1v) is 7.77. The van der Waals surface area contributed by atoms with Crippen molar-refractivity contribution in [1.29, 1.82) is 0 Å². The van der Waals surface area contributed by atoms with Crippen molar-refractivity contribution in [3.05, 3.63) is 23.9 Å². The van der Waals surface area contributed by atoms with Gasteiger partial charge in [0.1, 0.15) is 5.82 Å². The van der Waals surface area contributed by atoms with Gasteiger partial charge >= 0.3 is 0 Å². The van der Waals surface area contributed by atoms with Crippen molar-refractivity contribution in [3.63, 3.8) is 0 Å². The molecule has 1 aromatic rings. The molecule has 0 bridgehead atoms. The number of aromatic nitrogens is 1. The van der Waals surface area contributed by atoms with Crippen molar-refractivity contribution >= 4 is 11.7 Å². The smallest absolute Gasteiger partial charge is 0.255 e. The van der Waals surface area contributed by atoms with Crippen LogP contribution in [0.4, 0.5) is 5.82 Å². The first-order valence-electron chi connectivity index (χ1n) is 7.77. The third kappa shape index (κ3) is 4.17. The lowest BCUT2D eigenvalue weighted by molar-refractivity contribution is 0.0643. The average molecular weight is 290 g/mol. The molecule has 21 heavy (non-hydrogen) atoms. The molecule has 0 aromatic carbocycles. The van der Waals surface area contributed by atoms with Gasteiger partial charge in [-0.05, 0) is 45.0 Å². The van der Waals surface area contributed by atoms with Crippen LogP contribution in [0, 0.1) is 0 Å². The fourth-order valence-corrected chi connectivity index (χ4v) is 2.70. The number of carbonyl (C=O) groups is 1. The topological polar surface area (TPSA) is 48.5 Å². The van der Waals surface area contributed by atoms with E-state index in [1.54, 1.807) is 6.20 Å². The lowest BCUT2D eigenvalue weighted by atomic mass is 10.0. The number of hydrogen-bond donors (Lipinski definition) is 1. The van der Waals surface area contributed by atoms with Crippen LogP contribution in [0.2, 0.25) is 0 Å². The zero-order chi connectivity index (χ0) is 15.2. The summed E-state index contributed by atoms with van der Waals surface area (Å²) < 4.78 is 0. The number of piperidine rings is 1. The SMILES string of the molecule is CCCNc1ccc(C(=O)N(C)C2CCCN(C)C2)cn1. The van der Waals surface area contributed by atoms with E-state index in [0.717, 1.165) is 44.7 Å². The van der Waals surface area contributed by atoms with Crippen LogP contribution in [-0.2, 0) is 0 Å². The van der Waals surface area contributed by atoms with Gasteiger partial charge in [0.05, 0.1) is 5.56 Å². The van der Waals surface area contributed by atoms with Crippen LogP contribution in [0.1, 0.15) is 36.5 Å². The second-order valence-electron chi connectivity index (χ2n) is 5.83. The molecule has 0 radical (unpaired) electrons. The van der Waals surface area contributed by atoms with Gasteiger partial charge in [0, 0.05) is 32.4 Å². The van der Waals surface area contributed by atoms with E-state index in [4.69, 9.17) is 0 Å². The first kappa shape index (κ1) is 15.8. The molecule has 0 spiro atoms. The largest absolute Gasteiger partial charge is 0.370 e. The second-order valence-corrected chi connectivity index (χ2v) is 5.83. The van der Waals surface area contributed by atoms with Gasteiger partial charge < -0.3 is 15.1 Å². The number of pyridine rings is 1. The predicted octanol–water partition coefficient (Wildman–Crippen LogP) is 2.07. The molecule has 5 nitrogen and oxygen atoms in total. The van der Waals surface area contributed by atoms with Crippen molar-refractivity contribution in [2.75, 3.05) is 39.0 Å². The third-order valence-electron chi connectivity index (χ3n) is 4.03. The number of carbonyl (C=O) groups excluding carboxylic acids is 1. The summed E-state index contributed by atoms with van der Waals surface area (Å²) in [4.78, 5) is 21.0. The molecule has 1 aliphatic rings. The maximum absolute atomic E-state index is 12.5. The monoisotopic (exact) mass is 290 g/mol. The van der Waals surface area contributed by atoms with E-state index < -0.39 is 0 Å². The van der Waals surface area contributed by atoms with E-state index in [1.807, 2.05) is 24.1 Å². The fraction of sp³-hybridized carbons (Fsp3) is 0.625. The molecule has 1 saturated heterocycles. The molecule has 1 N–H and O–H groups in total. The number of nitrogens with one attached hydrogen (secondary N) is 1. The Morgan fingerprint density at radius 2 is 2.33 bits per heavy atom. The molecule has 1 unspecified atom stereocenters. The summed E-state index contributed by atoms with van der Waals surface area (Å²) >= 11 is 0.